The van der Waals surface area contributed by atoms with Crippen molar-refractivity contribution in [2.45, 2.75) is 130 Å². The van der Waals surface area contributed by atoms with Gasteiger partial charge >= 0.3 is 0 Å². The summed E-state index contributed by atoms with van der Waals surface area (Å²) in [5.41, 5.74) is 1.27. The molecule has 0 aromatic rings. The maximum Gasteiger partial charge on any atom is 0.129 e. The summed E-state index contributed by atoms with van der Waals surface area (Å²) in [7, 11) is 0. The van der Waals surface area contributed by atoms with E-state index in [0.717, 1.165) is 42.4 Å². The van der Waals surface area contributed by atoms with Gasteiger partial charge < -0.3 is 4.79 Å². The van der Waals surface area contributed by atoms with Gasteiger partial charge in [0, 0.05) is 6.42 Å². The highest BCUT2D eigenvalue weighted by molar-refractivity contribution is 5.75. The van der Waals surface area contributed by atoms with Gasteiger partial charge in [-0.2, -0.15) is 0 Å². The van der Waals surface area contributed by atoms with Crippen LogP contribution in [0.3, 0.4) is 0 Å². The van der Waals surface area contributed by atoms with Gasteiger partial charge in [-0.15, -0.1) is 0 Å². The van der Waals surface area contributed by atoms with Gasteiger partial charge in [0.05, 0.1) is 0 Å². The summed E-state index contributed by atoms with van der Waals surface area (Å²) in [5, 5.41) is 0. The molecule has 0 aromatic heterocycles. The molecule has 1 heteroatoms. The van der Waals surface area contributed by atoms with Crippen molar-refractivity contribution in [3.05, 3.63) is 0 Å². The van der Waals surface area contributed by atoms with Crippen LogP contribution in [0, 0.1) is 40.4 Å². The van der Waals surface area contributed by atoms with Crippen molar-refractivity contribution in [2.24, 2.45) is 40.4 Å². The van der Waals surface area contributed by atoms with Crippen LogP contribution in [-0.4, -0.2) is 5.78 Å². The average molecular weight is 401 g/mol. The van der Waals surface area contributed by atoms with Gasteiger partial charge in [0.1, 0.15) is 5.78 Å². The fraction of sp³-hybridized carbons (Fsp3) is 0.964. The number of ketones is 1. The Balaban J connectivity index is 0.000000458. The first kappa shape index (κ1) is 21.9. The molecule has 0 bridgehead atoms. The second-order valence-corrected chi connectivity index (χ2v) is 12.2. The predicted octanol–water partition coefficient (Wildman–Crippen LogP) is 8.36. The maximum atomic E-state index is 11.3. The lowest BCUT2D eigenvalue weighted by molar-refractivity contribution is -0.117. The Morgan fingerprint density at radius 3 is 2.17 bits per heavy atom. The van der Waals surface area contributed by atoms with Crippen molar-refractivity contribution in [3.63, 3.8) is 0 Å². The largest absolute Gasteiger partial charge is 0.300 e. The monoisotopic (exact) mass is 400 g/mol. The van der Waals surface area contributed by atoms with E-state index in [1.165, 1.54) is 96.3 Å². The topological polar surface area (TPSA) is 17.1 Å². The molecular formula is C28H48O. The van der Waals surface area contributed by atoms with E-state index in [2.05, 4.69) is 13.8 Å². The third-order valence-electron chi connectivity index (χ3n) is 10.9. The SMILES string of the molecule is C1CCC1.CC(=O)CCCC1CCC2C3CCC4CCCCC4(C)C3CCC12C. The Morgan fingerprint density at radius 1 is 0.759 bits per heavy atom. The minimum atomic E-state index is 0.381. The molecule has 5 aliphatic carbocycles. The van der Waals surface area contributed by atoms with Crippen LogP contribution in [0.1, 0.15) is 130 Å². The molecule has 166 valence electrons. The normalized spacial score (nSPS) is 45.7. The molecule has 0 radical (unpaired) electrons. The summed E-state index contributed by atoms with van der Waals surface area (Å²) in [6, 6.07) is 0. The van der Waals surface area contributed by atoms with Gasteiger partial charge in [0.25, 0.3) is 0 Å². The number of fused-ring (bicyclic) bond motifs is 5. The Morgan fingerprint density at radius 2 is 1.48 bits per heavy atom. The van der Waals surface area contributed by atoms with Crippen molar-refractivity contribution >= 4 is 5.78 Å². The third-order valence-corrected chi connectivity index (χ3v) is 10.9. The molecule has 0 aliphatic heterocycles. The Kier molecular flexibility index (Phi) is 6.82. The number of hydrogen-bond acceptors (Lipinski definition) is 1. The molecule has 5 fully saturated rings. The Labute approximate surface area is 181 Å². The first-order valence-corrected chi connectivity index (χ1v) is 13.4. The summed E-state index contributed by atoms with van der Waals surface area (Å²) in [6.07, 6.45) is 24.3. The molecule has 5 aliphatic rings. The van der Waals surface area contributed by atoms with E-state index in [-0.39, 0.29) is 0 Å². The van der Waals surface area contributed by atoms with Crippen molar-refractivity contribution in [3.8, 4) is 0 Å². The van der Waals surface area contributed by atoms with E-state index in [9.17, 15) is 4.79 Å². The molecule has 5 rings (SSSR count). The molecular weight excluding hydrogens is 352 g/mol. The van der Waals surface area contributed by atoms with Crippen LogP contribution in [0.4, 0.5) is 0 Å². The zero-order valence-electron chi connectivity index (χ0n) is 19.8. The molecule has 0 heterocycles. The lowest BCUT2D eigenvalue weighted by Gasteiger charge is -2.60. The van der Waals surface area contributed by atoms with Crippen LogP contribution in [0.5, 0.6) is 0 Å². The lowest BCUT2D eigenvalue weighted by atomic mass is 9.45. The van der Waals surface area contributed by atoms with Crippen molar-refractivity contribution in [1.82, 2.24) is 0 Å². The smallest absolute Gasteiger partial charge is 0.129 e. The predicted molar refractivity (Wildman–Crippen MR) is 123 cm³/mol. The summed E-state index contributed by atoms with van der Waals surface area (Å²) < 4.78 is 0. The number of carbonyl (C=O) groups excluding carboxylic acids is 1. The molecule has 5 saturated carbocycles. The number of carbonyl (C=O) groups is 1. The van der Waals surface area contributed by atoms with Gasteiger partial charge in [-0.25, -0.2) is 0 Å². The summed E-state index contributed by atoms with van der Waals surface area (Å²) in [5.74, 6) is 5.37. The second kappa shape index (κ2) is 9.04. The first-order chi connectivity index (χ1) is 13.9. The van der Waals surface area contributed by atoms with Crippen LogP contribution >= 0.6 is 0 Å². The van der Waals surface area contributed by atoms with Crippen molar-refractivity contribution in [2.75, 3.05) is 0 Å². The summed E-state index contributed by atoms with van der Waals surface area (Å²) in [6.45, 7) is 7.10. The fourth-order valence-electron chi connectivity index (χ4n) is 8.73. The van der Waals surface area contributed by atoms with Crippen molar-refractivity contribution < 1.29 is 4.79 Å². The van der Waals surface area contributed by atoms with Crippen LogP contribution in [-0.2, 0) is 4.79 Å². The van der Waals surface area contributed by atoms with Gasteiger partial charge in [-0.3, -0.25) is 0 Å². The standard InChI is InChI=1S/C24H40O.C4H8/c1-17(25)7-6-9-19-11-13-21-20-12-10-18-8-4-5-15-23(18,2)22(20)14-16-24(19,21)3;1-2-4-3-1/h18-22H,4-16H2,1-3H3;1-4H2. The zero-order chi connectivity index (χ0) is 20.5. The van der Waals surface area contributed by atoms with Gasteiger partial charge in [-0.1, -0.05) is 52.4 Å². The molecule has 0 N–H and O–H groups in total. The van der Waals surface area contributed by atoms with Gasteiger partial charge in [-0.05, 0) is 112 Å². The fourth-order valence-corrected chi connectivity index (χ4v) is 8.73. The number of rotatable bonds is 4. The van der Waals surface area contributed by atoms with E-state index in [4.69, 9.17) is 0 Å². The molecule has 0 amide bonds. The minimum absolute atomic E-state index is 0.381. The highest BCUT2D eigenvalue weighted by Crippen LogP contribution is 2.67. The van der Waals surface area contributed by atoms with E-state index in [1.54, 1.807) is 6.92 Å². The van der Waals surface area contributed by atoms with Gasteiger partial charge in [0.2, 0.25) is 0 Å². The second-order valence-electron chi connectivity index (χ2n) is 12.2. The van der Waals surface area contributed by atoms with Crippen LogP contribution < -0.4 is 0 Å². The Bertz CT molecular complexity index is 559. The average Bonchev–Trinajstić information content (AvgIpc) is 2.96. The first-order valence-electron chi connectivity index (χ1n) is 13.4. The molecule has 7 unspecified atom stereocenters. The van der Waals surface area contributed by atoms with E-state index in [1.807, 2.05) is 0 Å². The van der Waals surface area contributed by atoms with Crippen molar-refractivity contribution in [1.29, 1.82) is 0 Å². The van der Waals surface area contributed by atoms with Gasteiger partial charge in [0.15, 0.2) is 0 Å². The highest BCUT2D eigenvalue weighted by Gasteiger charge is 2.59. The highest BCUT2D eigenvalue weighted by atomic mass is 16.1. The molecule has 0 spiro atoms. The number of Topliss-reactive ketones (excluding diaryl/α,β-unsaturated/α-hetero) is 1. The van der Waals surface area contributed by atoms with E-state index in [0.29, 0.717) is 16.6 Å². The Hall–Kier alpha value is -0.330. The quantitative estimate of drug-likeness (QED) is 0.463. The third kappa shape index (κ3) is 4.23. The molecule has 29 heavy (non-hydrogen) atoms. The van der Waals surface area contributed by atoms with E-state index >= 15 is 0 Å². The summed E-state index contributed by atoms with van der Waals surface area (Å²) >= 11 is 0. The molecule has 0 aromatic carbocycles. The molecule has 7 atom stereocenters. The van der Waals surface area contributed by atoms with Crippen LogP contribution in [0.25, 0.3) is 0 Å². The minimum Gasteiger partial charge on any atom is -0.300 e. The maximum absolute atomic E-state index is 11.3. The van der Waals surface area contributed by atoms with Crippen LogP contribution in [0.2, 0.25) is 0 Å². The molecule has 0 saturated heterocycles. The van der Waals surface area contributed by atoms with E-state index < -0.39 is 0 Å². The number of hydrogen-bond donors (Lipinski definition) is 0. The summed E-state index contributed by atoms with van der Waals surface area (Å²) in [4.78, 5) is 11.3. The lowest BCUT2D eigenvalue weighted by Crippen LogP contribution is -2.52. The van der Waals surface area contributed by atoms with Crippen LogP contribution in [0.15, 0.2) is 0 Å². The molecule has 1 nitrogen and oxygen atoms in total. The zero-order valence-corrected chi connectivity index (χ0v) is 19.8.